The van der Waals surface area contributed by atoms with Gasteiger partial charge in [-0.1, -0.05) is 12.1 Å². The SMILES string of the molecule is COCCn1cc(NC(=O)c2ccc(CN)cc2)cn1.Cl. The average Bonchev–Trinajstić information content (AvgIpc) is 2.92. The lowest BCUT2D eigenvalue weighted by Crippen LogP contribution is -2.11. The Hall–Kier alpha value is -1.89. The molecule has 0 fully saturated rings. The van der Waals surface area contributed by atoms with E-state index in [1.165, 1.54) is 0 Å². The van der Waals surface area contributed by atoms with Crippen molar-refractivity contribution in [2.24, 2.45) is 5.73 Å². The van der Waals surface area contributed by atoms with Crippen molar-refractivity contribution >= 4 is 24.0 Å². The zero-order chi connectivity index (χ0) is 14.4. The number of nitrogens with one attached hydrogen (secondary N) is 1. The molecule has 0 aliphatic heterocycles. The molecule has 7 heteroatoms. The fourth-order valence-electron chi connectivity index (χ4n) is 1.73. The summed E-state index contributed by atoms with van der Waals surface area (Å²) >= 11 is 0. The summed E-state index contributed by atoms with van der Waals surface area (Å²) < 4.78 is 6.69. The standard InChI is InChI=1S/C14H18N4O2.ClH/c1-20-7-6-18-10-13(9-16-18)17-14(19)12-4-2-11(8-15)3-5-12;/h2-5,9-10H,6-8,15H2,1H3,(H,17,19);1H. The molecule has 1 heterocycles. The largest absolute Gasteiger partial charge is 0.383 e. The van der Waals surface area contributed by atoms with Gasteiger partial charge in [0.25, 0.3) is 5.91 Å². The Bertz CT molecular complexity index is 569. The first-order chi connectivity index (χ1) is 9.72. The molecule has 0 aliphatic rings. The van der Waals surface area contributed by atoms with Crippen LogP contribution in [0.3, 0.4) is 0 Å². The van der Waals surface area contributed by atoms with Crippen LogP contribution in [0.15, 0.2) is 36.7 Å². The van der Waals surface area contributed by atoms with Gasteiger partial charge in [-0.3, -0.25) is 9.48 Å². The monoisotopic (exact) mass is 310 g/mol. The third-order valence-electron chi connectivity index (χ3n) is 2.87. The van der Waals surface area contributed by atoms with Crippen LogP contribution in [0.4, 0.5) is 5.69 Å². The number of rotatable bonds is 6. The van der Waals surface area contributed by atoms with Crippen LogP contribution in [0.5, 0.6) is 0 Å². The molecule has 1 aromatic heterocycles. The Balaban J connectivity index is 0.00000220. The van der Waals surface area contributed by atoms with Crippen molar-refractivity contribution in [3.63, 3.8) is 0 Å². The number of nitrogens with zero attached hydrogens (tertiary/aromatic N) is 2. The van der Waals surface area contributed by atoms with Gasteiger partial charge in [-0.15, -0.1) is 12.4 Å². The van der Waals surface area contributed by atoms with Gasteiger partial charge in [0.2, 0.25) is 0 Å². The summed E-state index contributed by atoms with van der Waals surface area (Å²) in [6, 6.07) is 7.20. The zero-order valence-corrected chi connectivity index (χ0v) is 12.6. The highest BCUT2D eigenvalue weighted by Crippen LogP contribution is 2.09. The number of carbonyl (C=O) groups excluding carboxylic acids is 1. The second-order valence-electron chi connectivity index (χ2n) is 4.34. The van der Waals surface area contributed by atoms with Crippen LogP contribution in [-0.2, 0) is 17.8 Å². The predicted octanol–water partition coefficient (Wildman–Crippen LogP) is 1.66. The van der Waals surface area contributed by atoms with Crippen LogP contribution in [0.25, 0.3) is 0 Å². The summed E-state index contributed by atoms with van der Waals surface area (Å²) in [5.74, 6) is -0.167. The van der Waals surface area contributed by atoms with Crippen molar-refractivity contribution in [2.75, 3.05) is 19.0 Å². The first-order valence-electron chi connectivity index (χ1n) is 6.34. The second kappa shape index (κ2) is 8.41. The molecule has 0 aliphatic carbocycles. The highest BCUT2D eigenvalue weighted by molar-refractivity contribution is 6.04. The van der Waals surface area contributed by atoms with Crippen molar-refractivity contribution in [3.05, 3.63) is 47.8 Å². The average molecular weight is 311 g/mol. The number of methoxy groups -OCH3 is 1. The van der Waals surface area contributed by atoms with E-state index >= 15 is 0 Å². The zero-order valence-electron chi connectivity index (χ0n) is 11.8. The molecule has 3 N–H and O–H groups in total. The maximum absolute atomic E-state index is 12.0. The van der Waals surface area contributed by atoms with Crippen LogP contribution in [-0.4, -0.2) is 29.4 Å². The predicted molar refractivity (Wildman–Crippen MR) is 83.6 cm³/mol. The number of nitrogens with two attached hydrogens (primary N) is 1. The molecule has 2 rings (SSSR count). The summed E-state index contributed by atoms with van der Waals surface area (Å²) in [7, 11) is 1.64. The van der Waals surface area contributed by atoms with Gasteiger partial charge in [0, 0.05) is 25.4 Å². The molecule has 0 saturated carbocycles. The minimum Gasteiger partial charge on any atom is -0.383 e. The summed E-state index contributed by atoms with van der Waals surface area (Å²) in [6.07, 6.45) is 3.38. The van der Waals surface area contributed by atoms with E-state index in [0.29, 0.717) is 30.9 Å². The topological polar surface area (TPSA) is 82.2 Å². The summed E-state index contributed by atoms with van der Waals surface area (Å²) in [4.78, 5) is 12.0. The number of ether oxygens (including phenoxy) is 1. The van der Waals surface area contributed by atoms with E-state index in [-0.39, 0.29) is 18.3 Å². The lowest BCUT2D eigenvalue weighted by Gasteiger charge is -2.03. The van der Waals surface area contributed by atoms with Gasteiger partial charge in [0.1, 0.15) is 0 Å². The molecule has 114 valence electrons. The maximum Gasteiger partial charge on any atom is 0.255 e. The van der Waals surface area contributed by atoms with Gasteiger partial charge in [0.15, 0.2) is 0 Å². The molecule has 2 aromatic rings. The van der Waals surface area contributed by atoms with Gasteiger partial charge in [-0.2, -0.15) is 5.10 Å². The van der Waals surface area contributed by atoms with Crippen molar-refractivity contribution in [1.82, 2.24) is 9.78 Å². The van der Waals surface area contributed by atoms with E-state index in [0.717, 1.165) is 5.56 Å². The van der Waals surface area contributed by atoms with E-state index in [2.05, 4.69) is 10.4 Å². The third kappa shape index (κ3) is 4.86. The number of hydrogen-bond donors (Lipinski definition) is 2. The Morgan fingerprint density at radius 1 is 1.38 bits per heavy atom. The fraction of sp³-hybridized carbons (Fsp3) is 0.286. The number of carbonyl (C=O) groups is 1. The lowest BCUT2D eigenvalue weighted by atomic mass is 10.1. The molecular formula is C14H19ClN4O2. The third-order valence-corrected chi connectivity index (χ3v) is 2.87. The van der Waals surface area contributed by atoms with Crippen LogP contribution < -0.4 is 11.1 Å². The number of halogens is 1. The molecule has 0 atom stereocenters. The molecule has 1 amide bonds. The molecule has 0 radical (unpaired) electrons. The first kappa shape index (κ1) is 17.2. The number of anilines is 1. The van der Waals surface area contributed by atoms with Crippen LogP contribution in [0, 0.1) is 0 Å². The highest BCUT2D eigenvalue weighted by Gasteiger charge is 2.07. The molecule has 1 aromatic carbocycles. The van der Waals surface area contributed by atoms with E-state index in [4.69, 9.17) is 10.5 Å². The molecule has 0 spiro atoms. The Morgan fingerprint density at radius 3 is 2.71 bits per heavy atom. The van der Waals surface area contributed by atoms with Gasteiger partial charge in [-0.25, -0.2) is 0 Å². The minimum atomic E-state index is -0.167. The number of benzene rings is 1. The molecule has 6 nitrogen and oxygen atoms in total. The number of hydrogen-bond acceptors (Lipinski definition) is 4. The second-order valence-corrected chi connectivity index (χ2v) is 4.34. The molecule has 0 saturated heterocycles. The van der Waals surface area contributed by atoms with Gasteiger partial charge >= 0.3 is 0 Å². The van der Waals surface area contributed by atoms with Gasteiger partial charge in [0.05, 0.1) is 25.0 Å². The van der Waals surface area contributed by atoms with Crippen LogP contribution in [0.2, 0.25) is 0 Å². The van der Waals surface area contributed by atoms with Gasteiger partial charge < -0.3 is 15.8 Å². The van der Waals surface area contributed by atoms with E-state index in [1.807, 2.05) is 12.1 Å². The van der Waals surface area contributed by atoms with Crippen LogP contribution in [0.1, 0.15) is 15.9 Å². The first-order valence-corrected chi connectivity index (χ1v) is 6.34. The summed E-state index contributed by atoms with van der Waals surface area (Å²) in [5, 5.41) is 6.93. The Kier molecular flexibility index (Phi) is 6.87. The van der Waals surface area contributed by atoms with Gasteiger partial charge in [-0.05, 0) is 17.7 Å². The minimum absolute atomic E-state index is 0. The number of aromatic nitrogens is 2. The molecule has 21 heavy (non-hydrogen) atoms. The molecular weight excluding hydrogens is 292 g/mol. The quantitative estimate of drug-likeness (QED) is 0.850. The fourth-order valence-corrected chi connectivity index (χ4v) is 1.73. The highest BCUT2D eigenvalue weighted by atomic mass is 35.5. The summed E-state index contributed by atoms with van der Waals surface area (Å²) in [6.45, 7) is 1.70. The Labute approximate surface area is 129 Å². The normalized spacial score (nSPS) is 10.0. The van der Waals surface area contributed by atoms with E-state index in [1.54, 1.807) is 36.3 Å². The lowest BCUT2D eigenvalue weighted by molar-refractivity contribution is 0.102. The van der Waals surface area contributed by atoms with Crippen molar-refractivity contribution < 1.29 is 9.53 Å². The Morgan fingerprint density at radius 2 is 2.10 bits per heavy atom. The maximum atomic E-state index is 12.0. The van der Waals surface area contributed by atoms with Crippen molar-refractivity contribution in [2.45, 2.75) is 13.1 Å². The van der Waals surface area contributed by atoms with E-state index in [9.17, 15) is 4.79 Å². The van der Waals surface area contributed by atoms with E-state index < -0.39 is 0 Å². The number of amides is 1. The summed E-state index contributed by atoms with van der Waals surface area (Å²) in [5.41, 5.74) is 7.77. The van der Waals surface area contributed by atoms with Crippen molar-refractivity contribution in [3.8, 4) is 0 Å². The molecule has 0 unspecified atom stereocenters. The smallest absolute Gasteiger partial charge is 0.255 e. The van der Waals surface area contributed by atoms with Crippen molar-refractivity contribution in [1.29, 1.82) is 0 Å². The van der Waals surface area contributed by atoms with Crippen LogP contribution >= 0.6 is 12.4 Å². The molecule has 0 bridgehead atoms.